The second kappa shape index (κ2) is 7.38. The van der Waals surface area contributed by atoms with Gasteiger partial charge in [-0.05, 0) is 86.9 Å². The van der Waals surface area contributed by atoms with Crippen LogP contribution in [0.25, 0.3) is 0 Å². The number of fused-ring (bicyclic) bond motifs is 5. The van der Waals surface area contributed by atoms with Crippen molar-refractivity contribution in [2.45, 2.75) is 110 Å². The predicted octanol–water partition coefficient (Wildman–Crippen LogP) is 6.09. The van der Waals surface area contributed by atoms with Gasteiger partial charge in [-0.25, -0.2) is 0 Å². The van der Waals surface area contributed by atoms with Gasteiger partial charge in [0.05, 0.1) is 5.92 Å². The third kappa shape index (κ3) is 3.21. The van der Waals surface area contributed by atoms with Crippen LogP contribution < -0.4 is 0 Å². The van der Waals surface area contributed by atoms with Crippen LogP contribution >= 0.6 is 0 Å². The molecule has 3 heteroatoms. The van der Waals surface area contributed by atoms with E-state index in [4.69, 9.17) is 4.74 Å². The highest BCUT2D eigenvalue weighted by molar-refractivity contribution is 5.79. The third-order valence-electron chi connectivity index (χ3n) is 10.6. The number of Topliss-reactive ketones (excluding diaryl/α,β-unsaturated/α-hetero) is 1. The van der Waals surface area contributed by atoms with E-state index >= 15 is 0 Å². The molecule has 0 bridgehead atoms. The van der Waals surface area contributed by atoms with Gasteiger partial charge in [0.1, 0.15) is 11.9 Å². The van der Waals surface area contributed by atoms with Crippen molar-refractivity contribution in [1.29, 1.82) is 0 Å². The largest absolute Gasteiger partial charge is 0.462 e. The van der Waals surface area contributed by atoms with E-state index in [1.165, 1.54) is 51.4 Å². The van der Waals surface area contributed by atoms with Gasteiger partial charge >= 0.3 is 5.97 Å². The first-order valence-electron chi connectivity index (χ1n) is 12.6. The van der Waals surface area contributed by atoms with Crippen LogP contribution in [0.5, 0.6) is 0 Å². The van der Waals surface area contributed by atoms with Crippen LogP contribution in [0.15, 0.2) is 0 Å². The number of carbonyl (C=O) groups excluding carboxylic acids is 2. The van der Waals surface area contributed by atoms with Gasteiger partial charge in [0.15, 0.2) is 0 Å². The summed E-state index contributed by atoms with van der Waals surface area (Å²) in [5.41, 5.74) is 0.550. The molecular formula is C26H40O3. The number of rotatable bonds is 2. The Labute approximate surface area is 176 Å². The molecule has 5 aliphatic rings. The summed E-state index contributed by atoms with van der Waals surface area (Å²) in [6, 6.07) is 0. The van der Waals surface area contributed by atoms with E-state index in [1.54, 1.807) is 0 Å². The maximum atomic E-state index is 12.9. The van der Waals surface area contributed by atoms with Crippen molar-refractivity contribution in [1.82, 2.24) is 0 Å². The van der Waals surface area contributed by atoms with E-state index in [0.29, 0.717) is 23.0 Å². The molecule has 7 unspecified atom stereocenters. The van der Waals surface area contributed by atoms with Crippen molar-refractivity contribution in [3.8, 4) is 0 Å². The van der Waals surface area contributed by atoms with Crippen molar-refractivity contribution in [2.75, 3.05) is 0 Å². The van der Waals surface area contributed by atoms with Crippen LogP contribution in [0.2, 0.25) is 0 Å². The molecule has 5 saturated carbocycles. The summed E-state index contributed by atoms with van der Waals surface area (Å²) >= 11 is 0. The average molecular weight is 401 g/mol. The molecule has 0 heterocycles. The van der Waals surface area contributed by atoms with E-state index in [2.05, 4.69) is 13.8 Å². The Morgan fingerprint density at radius 2 is 1.62 bits per heavy atom. The fourth-order valence-electron chi connectivity index (χ4n) is 8.77. The lowest BCUT2D eigenvalue weighted by atomic mass is 9.45. The highest BCUT2D eigenvalue weighted by atomic mass is 16.5. The zero-order valence-electron chi connectivity index (χ0n) is 18.6. The van der Waals surface area contributed by atoms with Gasteiger partial charge in [0, 0.05) is 18.3 Å². The molecule has 0 aromatic carbocycles. The van der Waals surface area contributed by atoms with Crippen LogP contribution in [-0.4, -0.2) is 17.9 Å². The molecule has 0 aromatic rings. The van der Waals surface area contributed by atoms with Crippen LogP contribution in [0.1, 0.15) is 104 Å². The summed E-state index contributed by atoms with van der Waals surface area (Å²) in [7, 11) is 0. The molecule has 0 N–H and O–H groups in total. The van der Waals surface area contributed by atoms with Crippen LogP contribution in [-0.2, 0) is 14.3 Å². The van der Waals surface area contributed by atoms with Crippen molar-refractivity contribution >= 4 is 11.8 Å². The van der Waals surface area contributed by atoms with Crippen molar-refractivity contribution in [2.24, 2.45) is 40.4 Å². The van der Waals surface area contributed by atoms with Gasteiger partial charge in [-0.15, -0.1) is 0 Å². The third-order valence-corrected chi connectivity index (χ3v) is 10.6. The van der Waals surface area contributed by atoms with Crippen LogP contribution in [0.3, 0.4) is 0 Å². The predicted molar refractivity (Wildman–Crippen MR) is 113 cm³/mol. The Bertz CT molecular complexity index is 665. The number of carbonyl (C=O) groups is 2. The topological polar surface area (TPSA) is 43.4 Å². The molecule has 5 fully saturated rings. The second-order valence-corrected chi connectivity index (χ2v) is 11.8. The smallest absolute Gasteiger partial charge is 0.309 e. The Hall–Kier alpha value is -0.860. The molecule has 0 radical (unpaired) electrons. The summed E-state index contributed by atoms with van der Waals surface area (Å²) in [6.45, 7) is 4.96. The molecule has 0 saturated heterocycles. The molecule has 0 amide bonds. The van der Waals surface area contributed by atoms with E-state index < -0.39 is 0 Å². The van der Waals surface area contributed by atoms with E-state index in [9.17, 15) is 9.59 Å². The number of esters is 1. The Balaban J connectivity index is 1.30. The summed E-state index contributed by atoms with van der Waals surface area (Å²) in [6.07, 6.45) is 15.9. The van der Waals surface area contributed by atoms with E-state index in [-0.39, 0.29) is 23.4 Å². The van der Waals surface area contributed by atoms with Gasteiger partial charge in [-0.1, -0.05) is 33.1 Å². The zero-order chi connectivity index (χ0) is 20.2. The SMILES string of the molecule is CC12CCC(=O)CC1CCC1C2CCC2(C)C(OC(=O)C3CCCCC3)CCC12. The van der Waals surface area contributed by atoms with Gasteiger partial charge in [0.25, 0.3) is 0 Å². The Morgan fingerprint density at radius 3 is 2.41 bits per heavy atom. The molecule has 3 nitrogen and oxygen atoms in total. The lowest BCUT2D eigenvalue weighted by Gasteiger charge is -2.60. The first kappa shape index (κ1) is 20.1. The van der Waals surface area contributed by atoms with Crippen molar-refractivity contribution in [3.05, 3.63) is 0 Å². The number of ketones is 1. The number of ether oxygens (including phenoxy) is 1. The minimum Gasteiger partial charge on any atom is -0.462 e. The molecule has 29 heavy (non-hydrogen) atoms. The summed E-state index contributed by atoms with van der Waals surface area (Å²) in [4.78, 5) is 25.0. The molecule has 5 aliphatic carbocycles. The summed E-state index contributed by atoms with van der Waals surface area (Å²) < 4.78 is 6.27. The van der Waals surface area contributed by atoms with Gasteiger partial charge in [0.2, 0.25) is 0 Å². The monoisotopic (exact) mass is 400 g/mol. The fraction of sp³-hybridized carbons (Fsp3) is 0.923. The highest BCUT2D eigenvalue weighted by Crippen LogP contribution is 2.66. The number of hydrogen-bond acceptors (Lipinski definition) is 3. The van der Waals surface area contributed by atoms with Crippen molar-refractivity contribution < 1.29 is 14.3 Å². The quantitative estimate of drug-likeness (QED) is 0.527. The molecule has 7 atom stereocenters. The lowest BCUT2D eigenvalue weighted by Crippen LogP contribution is -2.54. The zero-order valence-corrected chi connectivity index (χ0v) is 18.6. The highest BCUT2D eigenvalue weighted by Gasteiger charge is 2.61. The standard InChI is InChI=1S/C26H40O3/c1-25-14-12-19(27)16-18(25)8-9-20-21-10-11-23(26(21,2)15-13-22(20)25)29-24(28)17-6-4-3-5-7-17/h17-18,20-23H,3-16H2,1-2H3. The normalized spacial score (nSPS) is 47.8. The molecule has 0 spiro atoms. The molecule has 0 aliphatic heterocycles. The van der Waals surface area contributed by atoms with Crippen molar-refractivity contribution in [3.63, 3.8) is 0 Å². The van der Waals surface area contributed by atoms with E-state index in [0.717, 1.165) is 50.4 Å². The lowest BCUT2D eigenvalue weighted by molar-refractivity contribution is -0.169. The Morgan fingerprint density at radius 1 is 0.862 bits per heavy atom. The number of hydrogen-bond donors (Lipinski definition) is 0. The first-order valence-corrected chi connectivity index (χ1v) is 12.6. The van der Waals surface area contributed by atoms with Gasteiger partial charge in [-0.2, -0.15) is 0 Å². The van der Waals surface area contributed by atoms with Gasteiger partial charge < -0.3 is 4.74 Å². The Kier molecular flexibility index (Phi) is 5.10. The summed E-state index contributed by atoms with van der Waals surface area (Å²) in [5, 5.41) is 0. The molecule has 5 rings (SSSR count). The minimum absolute atomic E-state index is 0.111. The summed E-state index contributed by atoms with van der Waals surface area (Å²) in [5.74, 6) is 3.66. The van der Waals surface area contributed by atoms with Gasteiger partial charge in [-0.3, -0.25) is 9.59 Å². The van der Waals surface area contributed by atoms with Crippen LogP contribution in [0, 0.1) is 40.4 Å². The second-order valence-electron chi connectivity index (χ2n) is 11.8. The fourth-order valence-corrected chi connectivity index (χ4v) is 8.77. The maximum absolute atomic E-state index is 12.9. The van der Waals surface area contributed by atoms with Crippen LogP contribution in [0.4, 0.5) is 0 Å². The maximum Gasteiger partial charge on any atom is 0.309 e. The minimum atomic E-state index is 0.111. The molecule has 162 valence electrons. The average Bonchev–Trinajstić information content (AvgIpc) is 3.05. The first-order chi connectivity index (χ1) is 13.9. The molecular weight excluding hydrogens is 360 g/mol. The van der Waals surface area contributed by atoms with E-state index in [1.807, 2.05) is 0 Å². The molecule has 0 aromatic heterocycles.